The molecule has 0 unspecified atom stereocenters. The van der Waals surface area contributed by atoms with Gasteiger partial charge in [-0.25, -0.2) is 14.0 Å². The fourth-order valence-electron chi connectivity index (χ4n) is 1.69. The summed E-state index contributed by atoms with van der Waals surface area (Å²) in [6.07, 6.45) is -0.967. The van der Waals surface area contributed by atoms with Crippen LogP contribution in [0.25, 0.3) is 0 Å². The van der Waals surface area contributed by atoms with E-state index in [0.717, 1.165) is 12.1 Å². The summed E-state index contributed by atoms with van der Waals surface area (Å²) in [5, 5.41) is 31.1. The average Bonchev–Trinajstić information content (AvgIpc) is 2.48. The lowest BCUT2D eigenvalue weighted by molar-refractivity contribution is -0.387. The zero-order valence-electron chi connectivity index (χ0n) is 14.1. The van der Waals surface area contributed by atoms with Crippen LogP contribution in [-0.2, 0) is 9.53 Å². The standard InChI is InChI=1S/C15H16FN3O6S/c1-15(2,3)25-14(22)18-10(13(20)21)7-26-12-5-9(16)8(6-17)4-11(12)19(23)24/h4-5,10H,7H2,1-3H3,(H,18,22)(H,20,21)/t10-/m0/s1. The minimum Gasteiger partial charge on any atom is -0.480 e. The molecule has 2 N–H and O–H groups in total. The molecule has 1 aromatic rings. The fraction of sp³-hybridized carbons (Fsp3) is 0.400. The highest BCUT2D eigenvalue weighted by atomic mass is 32.2. The number of nitrogens with zero attached hydrogens (tertiary/aromatic N) is 2. The number of amides is 1. The van der Waals surface area contributed by atoms with Crippen LogP contribution in [0.5, 0.6) is 0 Å². The van der Waals surface area contributed by atoms with Gasteiger partial charge in [-0.3, -0.25) is 10.1 Å². The van der Waals surface area contributed by atoms with Crippen LogP contribution in [-0.4, -0.2) is 39.5 Å². The summed E-state index contributed by atoms with van der Waals surface area (Å²) in [5.74, 6) is -2.67. The number of ether oxygens (including phenoxy) is 1. The van der Waals surface area contributed by atoms with Crippen LogP contribution in [0.4, 0.5) is 14.9 Å². The second-order valence-electron chi connectivity index (χ2n) is 6.02. The van der Waals surface area contributed by atoms with E-state index in [9.17, 15) is 29.2 Å². The maximum absolute atomic E-state index is 13.7. The van der Waals surface area contributed by atoms with Gasteiger partial charge in [-0.2, -0.15) is 5.26 Å². The molecule has 0 saturated heterocycles. The number of alkyl carbamates (subject to hydrolysis) is 1. The molecular formula is C15H16FN3O6S. The van der Waals surface area contributed by atoms with Crippen LogP contribution in [0.3, 0.4) is 0 Å². The van der Waals surface area contributed by atoms with E-state index in [-0.39, 0.29) is 10.6 Å². The smallest absolute Gasteiger partial charge is 0.408 e. The van der Waals surface area contributed by atoms with Crippen molar-refractivity contribution < 1.29 is 28.7 Å². The van der Waals surface area contributed by atoms with E-state index < -0.39 is 45.7 Å². The van der Waals surface area contributed by atoms with Gasteiger partial charge in [0.1, 0.15) is 23.5 Å². The van der Waals surface area contributed by atoms with Crippen molar-refractivity contribution in [2.45, 2.75) is 37.3 Å². The SMILES string of the molecule is CC(C)(C)OC(=O)N[C@@H](CSc1cc(F)c(C#N)cc1[N+](=O)[O-])C(=O)O. The minimum absolute atomic E-state index is 0.163. The summed E-state index contributed by atoms with van der Waals surface area (Å²) in [7, 11) is 0. The predicted molar refractivity (Wildman–Crippen MR) is 89.3 cm³/mol. The van der Waals surface area contributed by atoms with Crippen LogP contribution in [0.2, 0.25) is 0 Å². The summed E-state index contributed by atoms with van der Waals surface area (Å²) in [6, 6.07) is 1.63. The number of hydrogen-bond acceptors (Lipinski definition) is 7. The van der Waals surface area contributed by atoms with Gasteiger partial charge in [-0.05, 0) is 26.8 Å². The molecule has 26 heavy (non-hydrogen) atoms. The Bertz CT molecular complexity index is 772. The first kappa shape index (κ1) is 21.2. The number of nitriles is 1. The number of rotatable bonds is 6. The molecule has 0 aliphatic heterocycles. The molecule has 0 heterocycles. The zero-order chi connectivity index (χ0) is 20.1. The third-order valence-corrected chi connectivity index (χ3v) is 3.90. The van der Waals surface area contributed by atoms with Gasteiger partial charge in [-0.15, -0.1) is 11.8 Å². The molecule has 9 nitrogen and oxygen atoms in total. The monoisotopic (exact) mass is 385 g/mol. The first-order valence-corrected chi connectivity index (χ1v) is 8.16. The lowest BCUT2D eigenvalue weighted by Crippen LogP contribution is -2.44. The molecule has 0 bridgehead atoms. The Morgan fingerprint density at radius 3 is 2.58 bits per heavy atom. The molecule has 1 aromatic carbocycles. The summed E-state index contributed by atoms with van der Waals surface area (Å²) >= 11 is 0.663. The molecule has 0 saturated carbocycles. The van der Waals surface area contributed by atoms with E-state index >= 15 is 0 Å². The highest BCUT2D eigenvalue weighted by Gasteiger charge is 2.26. The number of benzene rings is 1. The van der Waals surface area contributed by atoms with Crippen molar-refractivity contribution in [3.8, 4) is 6.07 Å². The molecular weight excluding hydrogens is 369 g/mol. The van der Waals surface area contributed by atoms with E-state index in [0.29, 0.717) is 11.8 Å². The summed E-state index contributed by atoms with van der Waals surface area (Å²) < 4.78 is 18.7. The Morgan fingerprint density at radius 2 is 2.12 bits per heavy atom. The van der Waals surface area contributed by atoms with Crippen LogP contribution in [0.1, 0.15) is 26.3 Å². The molecule has 1 amide bonds. The first-order valence-electron chi connectivity index (χ1n) is 7.17. The number of carboxylic acids is 1. The van der Waals surface area contributed by atoms with Gasteiger partial charge in [0, 0.05) is 11.8 Å². The van der Waals surface area contributed by atoms with E-state index in [1.165, 1.54) is 6.07 Å². The number of carbonyl (C=O) groups excluding carboxylic acids is 1. The van der Waals surface area contributed by atoms with Crippen molar-refractivity contribution >= 4 is 29.5 Å². The molecule has 0 radical (unpaired) electrons. The Hall–Kier alpha value is -2.87. The number of halogens is 1. The number of aliphatic carboxylic acids is 1. The predicted octanol–water partition coefficient (Wildman–Crippen LogP) is 2.68. The zero-order valence-corrected chi connectivity index (χ0v) is 14.9. The van der Waals surface area contributed by atoms with Crippen LogP contribution >= 0.6 is 11.8 Å². The molecule has 0 aromatic heterocycles. The van der Waals surface area contributed by atoms with Gasteiger partial charge in [0.2, 0.25) is 0 Å². The molecule has 0 aliphatic rings. The van der Waals surface area contributed by atoms with Crippen molar-refractivity contribution in [3.63, 3.8) is 0 Å². The quantitative estimate of drug-likeness (QED) is 0.432. The number of nitro benzene ring substituents is 1. The third-order valence-electron chi connectivity index (χ3n) is 2.76. The van der Waals surface area contributed by atoms with Gasteiger partial charge >= 0.3 is 12.1 Å². The van der Waals surface area contributed by atoms with E-state index in [4.69, 9.17) is 10.00 Å². The van der Waals surface area contributed by atoms with Crippen LogP contribution < -0.4 is 5.32 Å². The van der Waals surface area contributed by atoms with Crippen molar-refractivity contribution in [3.05, 3.63) is 33.6 Å². The molecule has 0 spiro atoms. The molecule has 1 rings (SSSR count). The topological polar surface area (TPSA) is 143 Å². The van der Waals surface area contributed by atoms with Gasteiger partial charge in [-0.1, -0.05) is 0 Å². The minimum atomic E-state index is -1.42. The number of thioether (sulfide) groups is 1. The molecule has 11 heteroatoms. The highest BCUT2D eigenvalue weighted by molar-refractivity contribution is 7.99. The molecule has 0 fully saturated rings. The maximum atomic E-state index is 13.7. The molecule has 1 atom stereocenters. The fourth-order valence-corrected chi connectivity index (χ4v) is 2.73. The van der Waals surface area contributed by atoms with Gasteiger partial charge < -0.3 is 15.2 Å². The number of nitrogens with one attached hydrogen (secondary N) is 1. The van der Waals surface area contributed by atoms with Crippen LogP contribution in [0, 0.1) is 27.3 Å². The van der Waals surface area contributed by atoms with E-state index in [1.54, 1.807) is 20.8 Å². The number of nitro groups is 1. The summed E-state index contributed by atoms with van der Waals surface area (Å²) in [5.41, 5.74) is -1.87. The average molecular weight is 385 g/mol. The number of carboxylic acid groups (broad SMARTS) is 1. The maximum Gasteiger partial charge on any atom is 0.408 e. The van der Waals surface area contributed by atoms with Gasteiger partial charge in [0.15, 0.2) is 0 Å². The Kier molecular flexibility index (Phi) is 6.91. The first-order chi connectivity index (χ1) is 11.9. The third kappa shape index (κ3) is 6.21. The van der Waals surface area contributed by atoms with Crippen molar-refractivity contribution in [1.82, 2.24) is 5.32 Å². The Morgan fingerprint density at radius 1 is 1.50 bits per heavy atom. The number of hydrogen-bond donors (Lipinski definition) is 2. The summed E-state index contributed by atoms with van der Waals surface area (Å²) in [6.45, 7) is 4.79. The van der Waals surface area contributed by atoms with Gasteiger partial charge in [0.05, 0.1) is 15.4 Å². The molecule has 140 valence electrons. The van der Waals surface area contributed by atoms with Gasteiger partial charge in [0.25, 0.3) is 5.69 Å². The van der Waals surface area contributed by atoms with Crippen LogP contribution in [0.15, 0.2) is 17.0 Å². The Labute approximate surface area is 152 Å². The second-order valence-corrected chi connectivity index (χ2v) is 7.08. The van der Waals surface area contributed by atoms with Crippen molar-refractivity contribution in [2.75, 3.05) is 5.75 Å². The Balaban J connectivity index is 2.95. The second kappa shape index (κ2) is 8.48. The lowest BCUT2D eigenvalue weighted by Gasteiger charge is -2.21. The normalized spacial score (nSPS) is 12.0. The van der Waals surface area contributed by atoms with Crippen molar-refractivity contribution in [1.29, 1.82) is 5.26 Å². The lowest BCUT2D eigenvalue weighted by atomic mass is 10.2. The number of carbonyl (C=O) groups is 2. The van der Waals surface area contributed by atoms with Crippen molar-refractivity contribution in [2.24, 2.45) is 0 Å². The molecule has 0 aliphatic carbocycles. The highest BCUT2D eigenvalue weighted by Crippen LogP contribution is 2.32. The largest absolute Gasteiger partial charge is 0.480 e. The summed E-state index contributed by atoms with van der Waals surface area (Å²) in [4.78, 5) is 33.1. The van der Waals surface area contributed by atoms with E-state index in [2.05, 4.69) is 5.32 Å². The van der Waals surface area contributed by atoms with E-state index in [1.807, 2.05) is 0 Å².